The first-order valence-electron chi connectivity index (χ1n) is 9.87. The molecule has 6 heteroatoms. The van der Waals surface area contributed by atoms with Gasteiger partial charge < -0.3 is 15.5 Å². The summed E-state index contributed by atoms with van der Waals surface area (Å²) < 4.78 is 0. The minimum atomic E-state index is -1.33. The third-order valence-electron chi connectivity index (χ3n) is 5.82. The molecule has 4 N–H and O–H groups in total. The number of rotatable bonds is 4. The van der Waals surface area contributed by atoms with Crippen LogP contribution in [0.5, 0.6) is 0 Å². The zero-order valence-electron chi connectivity index (χ0n) is 16.5. The van der Waals surface area contributed by atoms with Crippen LogP contribution in [0.25, 0.3) is 0 Å². The lowest BCUT2D eigenvalue weighted by Gasteiger charge is -2.41. The van der Waals surface area contributed by atoms with Crippen LogP contribution in [-0.4, -0.2) is 26.8 Å². The van der Waals surface area contributed by atoms with E-state index in [4.69, 9.17) is 0 Å². The summed E-state index contributed by atoms with van der Waals surface area (Å²) in [7, 11) is 0. The zero-order valence-corrected chi connectivity index (χ0v) is 16.5. The molecule has 1 aliphatic rings. The maximum Gasteiger partial charge on any atom is 0.267 e. The Kier molecular flexibility index (Phi) is 4.88. The van der Waals surface area contributed by atoms with E-state index in [1.54, 1.807) is 19.1 Å². The first kappa shape index (κ1) is 19.2. The van der Waals surface area contributed by atoms with Crippen molar-refractivity contribution in [2.75, 3.05) is 5.32 Å². The fourth-order valence-electron chi connectivity index (χ4n) is 4.36. The van der Waals surface area contributed by atoms with E-state index >= 15 is 0 Å². The van der Waals surface area contributed by atoms with E-state index in [0.717, 1.165) is 12.0 Å². The number of aromatic nitrogens is 2. The van der Waals surface area contributed by atoms with Crippen molar-refractivity contribution < 1.29 is 9.90 Å². The van der Waals surface area contributed by atoms with Gasteiger partial charge >= 0.3 is 0 Å². The van der Waals surface area contributed by atoms with Crippen LogP contribution in [-0.2, 0) is 17.6 Å². The van der Waals surface area contributed by atoms with Crippen LogP contribution in [0.1, 0.15) is 42.1 Å². The smallest absolute Gasteiger partial charge is 0.267 e. The number of amides is 1. The largest absolute Gasteiger partial charge is 0.389 e. The molecule has 0 saturated carbocycles. The van der Waals surface area contributed by atoms with E-state index in [9.17, 15) is 14.7 Å². The molecule has 4 rings (SSSR count). The van der Waals surface area contributed by atoms with E-state index in [2.05, 4.69) is 22.4 Å². The molecular weight excluding hydrogens is 366 g/mol. The molecule has 3 atom stereocenters. The number of benzene rings is 2. The Bertz CT molecular complexity index is 1060. The number of aliphatic hydroxyl groups is 1. The van der Waals surface area contributed by atoms with E-state index in [0.29, 0.717) is 16.9 Å². The summed E-state index contributed by atoms with van der Waals surface area (Å²) in [5.41, 5.74) is 2.25. The average molecular weight is 391 g/mol. The summed E-state index contributed by atoms with van der Waals surface area (Å²) in [6.45, 7) is 3.73. The van der Waals surface area contributed by atoms with Gasteiger partial charge in [0.05, 0.1) is 11.5 Å². The lowest BCUT2D eigenvalue weighted by molar-refractivity contribution is -0.130. The summed E-state index contributed by atoms with van der Waals surface area (Å²) in [6, 6.07) is 17.1. The topological polar surface area (TPSA) is 98.0 Å². The number of aryl methyl sites for hydroxylation is 1. The predicted molar refractivity (Wildman–Crippen MR) is 112 cm³/mol. The normalized spacial score (nSPS) is 23.4. The minimum absolute atomic E-state index is 0.192. The van der Waals surface area contributed by atoms with Crippen LogP contribution < -0.4 is 10.9 Å². The van der Waals surface area contributed by atoms with Gasteiger partial charge in [-0.25, -0.2) is 0 Å². The highest BCUT2D eigenvalue weighted by atomic mass is 16.3. The molecule has 0 fully saturated rings. The van der Waals surface area contributed by atoms with Crippen molar-refractivity contribution in [3.63, 3.8) is 0 Å². The van der Waals surface area contributed by atoms with E-state index < -0.39 is 17.4 Å². The molecule has 1 aliphatic carbocycles. The molecule has 0 unspecified atom stereocenters. The van der Waals surface area contributed by atoms with Crippen LogP contribution in [0.15, 0.2) is 59.4 Å². The van der Waals surface area contributed by atoms with Crippen molar-refractivity contribution >= 4 is 11.6 Å². The third kappa shape index (κ3) is 3.51. The fraction of sp³-hybridized carbons (Fsp3) is 0.304. The molecule has 0 radical (unpaired) electrons. The summed E-state index contributed by atoms with van der Waals surface area (Å²) >= 11 is 0. The molecule has 3 aromatic rings. The van der Waals surface area contributed by atoms with Crippen molar-refractivity contribution in [1.29, 1.82) is 0 Å². The van der Waals surface area contributed by atoms with Gasteiger partial charge in [0.2, 0.25) is 5.91 Å². The van der Waals surface area contributed by atoms with Crippen LogP contribution in [0.2, 0.25) is 0 Å². The van der Waals surface area contributed by atoms with E-state index in [1.165, 1.54) is 5.56 Å². The molecule has 0 bridgehead atoms. The molecule has 2 aromatic carbocycles. The van der Waals surface area contributed by atoms with Crippen LogP contribution in [0, 0.1) is 5.92 Å². The first-order chi connectivity index (χ1) is 13.9. The summed E-state index contributed by atoms with van der Waals surface area (Å²) in [4.78, 5) is 25.9. The maximum atomic E-state index is 13.3. The Morgan fingerprint density at radius 1 is 1.14 bits per heavy atom. The van der Waals surface area contributed by atoms with E-state index in [-0.39, 0.29) is 17.9 Å². The Hall–Kier alpha value is -3.12. The maximum absolute atomic E-state index is 13.3. The molecule has 0 saturated heterocycles. The average Bonchev–Trinajstić information content (AvgIpc) is 3.06. The van der Waals surface area contributed by atoms with Gasteiger partial charge in [0.15, 0.2) is 0 Å². The van der Waals surface area contributed by atoms with Gasteiger partial charge in [-0.3, -0.25) is 14.7 Å². The first-order valence-corrected chi connectivity index (χ1v) is 9.87. The molecule has 1 amide bonds. The van der Waals surface area contributed by atoms with Gasteiger partial charge in [0, 0.05) is 29.3 Å². The number of nitrogens with one attached hydrogen (secondary N) is 3. The van der Waals surface area contributed by atoms with Crippen LogP contribution in [0.4, 0.5) is 5.69 Å². The van der Waals surface area contributed by atoms with Gasteiger partial charge in [-0.05, 0) is 36.6 Å². The zero-order chi connectivity index (χ0) is 20.6. The van der Waals surface area contributed by atoms with Crippen molar-refractivity contribution in [3.05, 3.63) is 87.3 Å². The second-order valence-corrected chi connectivity index (χ2v) is 7.91. The SMILES string of the molecule is CCc1ccc([C@@H]2c3c([nH][nH]c3=O)C[C@](C)(O)[C@H]2C(=O)Nc2ccccc2)cc1. The Morgan fingerprint density at radius 3 is 2.48 bits per heavy atom. The molecule has 1 aromatic heterocycles. The van der Waals surface area contributed by atoms with Gasteiger partial charge in [0.1, 0.15) is 0 Å². The number of anilines is 1. The molecule has 6 nitrogen and oxygen atoms in total. The number of hydrogen-bond donors (Lipinski definition) is 4. The van der Waals surface area contributed by atoms with Crippen molar-refractivity contribution in [2.24, 2.45) is 5.92 Å². The monoisotopic (exact) mass is 391 g/mol. The van der Waals surface area contributed by atoms with E-state index in [1.807, 2.05) is 42.5 Å². The Balaban J connectivity index is 1.81. The molecule has 29 heavy (non-hydrogen) atoms. The fourth-order valence-corrected chi connectivity index (χ4v) is 4.36. The van der Waals surface area contributed by atoms with Crippen LogP contribution >= 0.6 is 0 Å². The number of carbonyl (C=O) groups excluding carboxylic acids is 1. The third-order valence-corrected chi connectivity index (χ3v) is 5.82. The summed E-state index contributed by atoms with van der Waals surface area (Å²) in [6.07, 6.45) is 1.09. The number of aromatic amines is 2. The van der Waals surface area contributed by atoms with Crippen molar-refractivity contribution in [3.8, 4) is 0 Å². The van der Waals surface area contributed by atoms with Gasteiger partial charge in [0.25, 0.3) is 5.56 Å². The second-order valence-electron chi connectivity index (χ2n) is 7.91. The summed E-state index contributed by atoms with van der Waals surface area (Å²) in [5, 5.41) is 19.7. The molecule has 0 spiro atoms. The highest BCUT2D eigenvalue weighted by Gasteiger charge is 2.50. The molecule has 0 aliphatic heterocycles. The lowest BCUT2D eigenvalue weighted by Crippen LogP contribution is -2.51. The van der Waals surface area contributed by atoms with Crippen LogP contribution in [0.3, 0.4) is 0 Å². The number of carbonyl (C=O) groups is 1. The second kappa shape index (κ2) is 7.37. The van der Waals surface area contributed by atoms with Gasteiger partial charge in [-0.2, -0.15) is 0 Å². The highest BCUT2D eigenvalue weighted by Crippen LogP contribution is 2.44. The van der Waals surface area contributed by atoms with Crippen molar-refractivity contribution in [1.82, 2.24) is 10.2 Å². The standard InChI is InChI=1S/C23H25N3O3/c1-3-14-9-11-15(12-10-14)18-19-17(25-26-21(19)27)13-23(2,29)20(18)22(28)24-16-7-5-4-6-8-16/h4-12,18,20,29H,3,13H2,1-2H3,(H,24,28)(H2,25,26,27)/t18-,20-,23+/m1/s1. The molecule has 1 heterocycles. The number of H-pyrrole nitrogens is 2. The van der Waals surface area contributed by atoms with Gasteiger partial charge in [-0.1, -0.05) is 49.4 Å². The number of fused-ring (bicyclic) bond motifs is 1. The minimum Gasteiger partial charge on any atom is -0.389 e. The summed E-state index contributed by atoms with van der Waals surface area (Å²) in [5.74, 6) is -1.69. The Labute approximate surface area is 169 Å². The Morgan fingerprint density at radius 2 is 1.83 bits per heavy atom. The lowest BCUT2D eigenvalue weighted by atomic mass is 9.66. The quantitative estimate of drug-likeness (QED) is 0.550. The number of para-hydroxylation sites is 1. The number of hydrogen-bond acceptors (Lipinski definition) is 3. The predicted octanol–water partition coefficient (Wildman–Crippen LogP) is 2.96. The van der Waals surface area contributed by atoms with Crippen molar-refractivity contribution in [2.45, 2.75) is 38.2 Å². The molecule has 150 valence electrons. The van der Waals surface area contributed by atoms with Gasteiger partial charge in [-0.15, -0.1) is 0 Å². The molecular formula is C23H25N3O3. The highest BCUT2D eigenvalue weighted by molar-refractivity contribution is 5.94.